The maximum Gasteiger partial charge on any atom is 0.161 e. The monoisotopic (exact) mass is 276 g/mol. The first-order chi connectivity index (χ1) is 8.44. The SMILES string of the molecule is COC(C(=O)CCCS(C)(=O)=O)C1CCCCC1. The van der Waals surface area contributed by atoms with Gasteiger partial charge in [0.15, 0.2) is 5.78 Å². The minimum absolute atomic E-state index is 0.0630. The van der Waals surface area contributed by atoms with Crippen molar-refractivity contribution in [2.24, 2.45) is 5.92 Å². The van der Waals surface area contributed by atoms with Crippen molar-refractivity contribution in [2.45, 2.75) is 51.0 Å². The van der Waals surface area contributed by atoms with Crippen LogP contribution in [0.2, 0.25) is 0 Å². The third-order valence-corrected chi connectivity index (χ3v) is 4.62. The van der Waals surface area contributed by atoms with E-state index in [-0.39, 0.29) is 17.6 Å². The summed E-state index contributed by atoms with van der Waals surface area (Å²) in [5, 5.41) is 0. The molecule has 0 N–H and O–H groups in total. The van der Waals surface area contributed by atoms with Crippen LogP contribution in [0.4, 0.5) is 0 Å². The molecule has 1 atom stereocenters. The van der Waals surface area contributed by atoms with E-state index < -0.39 is 9.84 Å². The van der Waals surface area contributed by atoms with E-state index in [1.54, 1.807) is 7.11 Å². The van der Waals surface area contributed by atoms with Gasteiger partial charge in [-0.15, -0.1) is 0 Å². The molecule has 0 aromatic rings. The zero-order valence-corrected chi connectivity index (χ0v) is 12.2. The molecule has 106 valence electrons. The van der Waals surface area contributed by atoms with Crippen molar-refractivity contribution in [2.75, 3.05) is 19.1 Å². The molecule has 0 aromatic heterocycles. The zero-order valence-electron chi connectivity index (χ0n) is 11.4. The molecule has 18 heavy (non-hydrogen) atoms. The van der Waals surface area contributed by atoms with Crippen LogP contribution in [0.25, 0.3) is 0 Å². The van der Waals surface area contributed by atoms with Crippen molar-refractivity contribution >= 4 is 15.6 Å². The number of hydrogen-bond donors (Lipinski definition) is 0. The summed E-state index contributed by atoms with van der Waals surface area (Å²) in [5.74, 6) is 0.474. The van der Waals surface area contributed by atoms with E-state index in [9.17, 15) is 13.2 Å². The molecule has 1 fully saturated rings. The van der Waals surface area contributed by atoms with Crippen molar-refractivity contribution in [1.82, 2.24) is 0 Å². The fourth-order valence-electron chi connectivity index (χ4n) is 2.67. The van der Waals surface area contributed by atoms with E-state index in [2.05, 4.69) is 0 Å². The molecule has 1 aliphatic carbocycles. The van der Waals surface area contributed by atoms with Gasteiger partial charge in [-0.2, -0.15) is 0 Å². The van der Waals surface area contributed by atoms with Crippen molar-refractivity contribution < 1.29 is 17.9 Å². The van der Waals surface area contributed by atoms with Gasteiger partial charge in [0.2, 0.25) is 0 Å². The Hall–Kier alpha value is -0.420. The molecule has 0 amide bonds. The van der Waals surface area contributed by atoms with Gasteiger partial charge in [-0.25, -0.2) is 8.42 Å². The molecule has 0 aliphatic heterocycles. The van der Waals surface area contributed by atoms with Gasteiger partial charge in [-0.05, 0) is 25.2 Å². The fraction of sp³-hybridized carbons (Fsp3) is 0.923. The molecule has 0 radical (unpaired) electrons. The highest BCUT2D eigenvalue weighted by molar-refractivity contribution is 7.90. The van der Waals surface area contributed by atoms with Crippen LogP contribution >= 0.6 is 0 Å². The highest BCUT2D eigenvalue weighted by atomic mass is 32.2. The Morgan fingerprint density at radius 1 is 1.28 bits per heavy atom. The normalized spacial score (nSPS) is 19.7. The Labute approximate surface area is 110 Å². The highest BCUT2D eigenvalue weighted by Gasteiger charge is 2.28. The third-order valence-electron chi connectivity index (χ3n) is 3.59. The van der Waals surface area contributed by atoms with Crippen LogP contribution in [0.3, 0.4) is 0 Å². The largest absolute Gasteiger partial charge is 0.373 e. The van der Waals surface area contributed by atoms with Crippen molar-refractivity contribution in [3.63, 3.8) is 0 Å². The molecule has 1 saturated carbocycles. The molecule has 1 rings (SSSR count). The number of carbonyl (C=O) groups is 1. The van der Waals surface area contributed by atoms with Crippen LogP contribution in [0, 0.1) is 5.92 Å². The van der Waals surface area contributed by atoms with Gasteiger partial charge >= 0.3 is 0 Å². The minimum atomic E-state index is -2.97. The second-order valence-electron chi connectivity index (χ2n) is 5.25. The van der Waals surface area contributed by atoms with Gasteiger partial charge in [0, 0.05) is 19.8 Å². The molecule has 0 bridgehead atoms. The van der Waals surface area contributed by atoms with Crippen LogP contribution in [0.5, 0.6) is 0 Å². The minimum Gasteiger partial charge on any atom is -0.373 e. The van der Waals surface area contributed by atoms with Crippen LogP contribution < -0.4 is 0 Å². The summed E-state index contributed by atoms with van der Waals surface area (Å²) in [5.41, 5.74) is 0. The molecule has 4 nitrogen and oxygen atoms in total. The van der Waals surface area contributed by atoms with Gasteiger partial charge in [0.05, 0.1) is 5.75 Å². The summed E-state index contributed by atoms with van der Waals surface area (Å²) < 4.78 is 27.4. The summed E-state index contributed by atoms with van der Waals surface area (Å²) in [7, 11) is -1.39. The van der Waals surface area contributed by atoms with Crippen LogP contribution in [-0.2, 0) is 19.4 Å². The Balaban J connectivity index is 2.41. The predicted molar refractivity (Wildman–Crippen MR) is 71.3 cm³/mol. The van der Waals surface area contributed by atoms with Crippen molar-refractivity contribution in [3.05, 3.63) is 0 Å². The molecule has 0 aromatic carbocycles. The first-order valence-corrected chi connectivity index (χ1v) is 8.73. The molecule has 1 aliphatic rings. The number of ketones is 1. The summed E-state index contributed by atoms with van der Waals surface area (Å²) in [6.45, 7) is 0. The molecule has 0 spiro atoms. The maximum absolute atomic E-state index is 12.0. The first kappa shape index (κ1) is 15.6. The lowest BCUT2D eigenvalue weighted by molar-refractivity contribution is -0.132. The van der Waals surface area contributed by atoms with Crippen LogP contribution in [-0.4, -0.2) is 39.4 Å². The number of hydrogen-bond acceptors (Lipinski definition) is 4. The number of Topliss-reactive ketones (excluding diaryl/α,β-unsaturated/α-hetero) is 1. The maximum atomic E-state index is 12.0. The van der Waals surface area contributed by atoms with E-state index >= 15 is 0 Å². The van der Waals surface area contributed by atoms with Gasteiger partial charge in [0.25, 0.3) is 0 Å². The molecular weight excluding hydrogens is 252 g/mol. The Bertz CT molecular complexity index is 355. The molecule has 5 heteroatoms. The Morgan fingerprint density at radius 2 is 1.89 bits per heavy atom. The van der Waals surface area contributed by atoms with Crippen LogP contribution in [0.1, 0.15) is 44.9 Å². The summed E-state index contributed by atoms with van der Waals surface area (Å²) in [4.78, 5) is 12.0. The lowest BCUT2D eigenvalue weighted by Gasteiger charge is -2.28. The van der Waals surface area contributed by atoms with E-state index in [1.807, 2.05) is 0 Å². The molecular formula is C13H24O4S. The van der Waals surface area contributed by atoms with Gasteiger partial charge in [0.1, 0.15) is 15.9 Å². The second kappa shape index (κ2) is 7.24. The average Bonchev–Trinajstić information content (AvgIpc) is 2.29. The lowest BCUT2D eigenvalue weighted by atomic mass is 9.83. The number of ether oxygens (including phenoxy) is 1. The van der Waals surface area contributed by atoms with E-state index in [0.29, 0.717) is 18.8 Å². The fourth-order valence-corrected chi connectivity index (χ4v) is 3.34. The standard InChI is InChI=1S/C13H24O4S/c1-17-13(11-7-4-3-5-8-11)12(14)9-6-10-18(2,15)16/h11,13H,3-10H2,1-2H3. The highest BCUT2D eigenvalue weighted by Crippen LogP contribution is 2.28. The molecule has 0 heterocycles. The number of rotatable bonds is 7. The smallest absolute Gasteiger partial charge is 0.161 e. The second-order valence-corrected chi connectivity index (χ2v) is 7.51. The number of methoxy groups -OCH3 is 1. The number of carbonyl (C=O) groups excluding carboxylic acids is 1. The van der Waals surface area contributed by atoms with Crippen molar-refractivity contribution in [3.8, 4) is 0 Å². The van der Waals surface area contributed by atoms with Gasteiger partial charge < -0.3 is 4.74 Å². The zero-order chi connectivity index (χ0) is 13.6. The quantitative estimate of drug-likeness (QED) is 0.713. The molecule has 1 unspecified atom stereocenters. The van der Waals surface area contributed by atoms with Gasteiger partial charge in [-0.1, -0.05) is 19.3 Å². The third kappa shape index (κ3) is 5.48. The topological polar surface area (TPSA) is 60.4 Å². The average molecular weight is 276 g/mol. The summed E-state index contributed by atoms with van der Waals surface area (Å²) in [6, 6.07) is 0. The first-order valence-electron chi connectivity index (χ1n) is 6.67. The van der Waals surface area contributed by atoms with E-state index in [4.69, 9.17) is 4.74 Å². The van der Waals surface area contributed by atoms with Crippen molar-refractivity contribution in [1.29, 1.82) is 0 Å². The Kier molecular flexibility index (Phi) is 6.29. The Morgan fingerprint density at radius 3 is 2.39 bits per heavy atom. The summed E-state index contributed by atoms with van der Waals surface area (Å²) in [6.07, 6.45) is 7.27. The van der Waals surface area contributed by atoms with E-state index in [1.165, 1.54) is 25.5 Å². The number of sulfone groups is 1. The van der Waals surface area contributed by atoms with Crippen LogP contribution in [0.15, 0.2) is 0 Å². The van der Waals surface area contributed by atoms with E-state index in [0.717, 1.165) is 12.8 Å². The molecule has 0 saturated heterocycles. The summed E-state index contributed by atoms with van der Waals surface area (Å²) >= 11 is 0. The predicted octanol–water partition coefficient (Wildman–Crippen LogP) is 1.98. The lowest BCUT2D eigenvalue weighted by Crippen LogP contribution is -2.33. The van der Waals surface area contributed by atoms with Gasteiger partial charge in [-0.3, -0.25) is 4.79 Å².